The molecule has 0 radical (unpaired) electrons. The molecule has 0 saturated heterocycles. The van der Waals surface area contributed by atoms with Gasteiger partial charge in [0.1, 0.15) is 10.6 Å². The van der Waals surface area contributed by atoms with E-state index in [1.54, 1.807) is 12.1 Å². The summed E-state index contributed by atoms with van der Waals surface area (Å²) < 4.78 is 26.4. The minimum atomic E-state index is -3.72. The molecule has 3 N–H and O–H groups in total. The number of hydrogen-bond acceptors (Lipinski definition) is 3. The normalized spacial score (nSPS) is 11.5. The number of carbonyl (C=O) groups is 1. The van der Waals surface area contributed by atoms with Gasteiger partial charge in [0.2, 0.25) is 10.0 Å². The van der Waals surface area contributed by atoms with Crippen molar-refractivity contribution in [1.82, 2.24) is 9.71 Å². The Hall–Kier alpha value is -1.83. The minimum Gasteiger partial charge on any atom is -0.477 e. The van der Waals surface area contributed by atoms with Gasteiger partial charge in [-0.3, -0.25) is 0 Å². The fraction of sp³-hybridized carbons (Fsp3) is 0.154. The lowest BCUT2D eigenvalue weighted by atomic mass is 10.2. The fourth-order valence-electron chi connectivity index (χ4n) is 1.72. The maximum absolute atomic E-state index is 12.0. The Morgan fingerprint density at radius 3 is 2.52 bits per heavy atom. The molecule has 1 aromatic carbocycles. The summed E-state index contributed by atoms with van der Waals surface area (Å²) in [6.07, 6.45) is 1.65. The van der Waals surface area contributed by atoms with Crippen molar-refractivity contribution in [3.05, 3.63) is 52.8 Å². The summed E-state index contributed by atoms with van der Waals surface area (Å²) >= 11 is 5.76. The van der Waals surface area contributed by atoms with Gasteiger partial charge in [-0.15, -0.1) is 0 Å². The van der Waals surface area contributed by atoms with Gasteiger partial charge in [-0.25, -0.2) is 17.9 Å². The lowest BCUT2D eigenvalue weighted by Crippen LogP contribution is -2.25. The highest BCUT2D eigenvalue weighted by molar-refractivity contribution is 7.89. The van der Waals surface area contributed by atoms with Crippen LogP contribution in [0.15, 0.2) is 41.4 Å². The average molecular weight is 329 g/mol. The number of H-pyrrole nitrogens is 1. The second-order valence-corrected chi connectivity index (χ2v) is 6.53. The molecule has 0 fully saturated rings. The topological polar surface area (TPSA) is 99.3 Å². The van der Waals surface area contributed by atoms with E-state index in [4.69, 9.17) is 16.7 Å². The van der Waals surface area contributed by atoms with Gasteiger partial charge in [0.15, 0.2) is 0 Å². The second kappa shape index (κ2) is 6.30. The first-order chi connectivity index (χ1) is 9.88. The highest BCUT2D eigenvalue weighted by Gasteiger charge is 2.17. The van der Waals surface area contributed by atoms with Crippen LogP contribution in [0.4, 0.5) is 0 Å². The summed E-state index contributed by atoms with van der Waals surface area (Å²) in [5, 5.41) is 9.37. The Morgan fingerprint density at radius 1 is 1.29 bits per heavy atom. The van der Waals surface area contributed by atoms with E-state index in [1.165, 1.54) is 0 Å². The number of aromatic amines is 1. The summed E-state index contributed by atoms with van der Waals surface area (Å²) in [5.74, 6) is -1.21. The first-order valence-electron chi connectivity index (χ1n) is 6.04. The largest absolute Gasteiger partial charge is 0.477 e. The van der Waals surface area contributed by atoms with Crippen LogP contribution in [0, 0.1) is 0 Å². The lowest BCUT2D eigenvalue weighted by molar-refractivity contribution is 0.0691. The molecule has 2 aromatic rings. The van der Waals surface area contributed by atoms with Crippen LogP contribution in [0.25, 0.3) is 0 Å². The Kier molecular flexibility index (Phi) is 4.66. The van der Waals surface area contributed by atoms with Crippen LogP contribution in [-0.4, -0.2) is 31.0 Å². The molecule has 0 unspecified atom stereocenters. The van der Waals surface area contributed by atoms with Crippen LogP contribution >= 0.6 is 11.6 Å². The molecule has 2 rings (SSSR count). The number of carboxylic acids is 1. The lowest BCUT2D eigenvalue weighted by Gasteiger charge is -2.05. The number of benzene rings is 1. The van der Waals surface area contributed by atoms with E-state index in [2.05, 4.69) is 9.71 Å². The molecule has 0 aliphatic carbocycles. The number of aromatic nitrogens is 1. The number of carboxylic acid groups (broad SMARTS) is 1. The molecule has 1 aromatic heterocycles. The Labute approximate surface area is 126 Å². The fourth-order valence-corrected chi connectivity index (χ4v) is 2.87. The van der Waals surface area contributed by atoms with Gasteiger partial charge >= 0.3 is 5.97 Å². The quantitative estimate of drug-likeness (QED) is 0.754. The van der Waals surface area contributed by atoms with Crippen molar-refractivity contribution >= 4 is 27.6 Å². The Morgan fingerprint density at radius 2 is 1.95 bits per heavy atom. The standard InChI is InChI=1S/C13H13ClN2O4S/c14-10-3-1-9(2-4-10)5-6-16-21(19,20)11-7-12(13(17)18)15-8-11/h1-4,7-8,15-16H,5-6H2,(H,17,18). The second-order valence-electron chi connectivity index (χ2n) is 4.33. The highest BCUT2D eigenvalue weighted by atomic mass is 35.5. The first kappa shape index (κ1) is 15.6. The molecule has 1 heterocycles. The minimum absolute atomic E-state index is 0.101. The molecule has 112 valence electrons. The highest BCUT2D eigenvalue weighted by Crippen LogP contribution is 2.12. The van der Waals surface area contributed by atoms with Crippen LogP contribution in [-0.2, 0) is 16.4 Å². The summed E-state index contributed by atoms with van der Waals surface area (Å²) in [6.45, 7) is 0.206. The van der Waals surface area contributed by atoms with Crippen molar-refractivity contribution in [2.75, 3.05) is 6.54 Å². The number of rotatable bonds is 6. The van der Waals surface area contributed by atoms with Crippen LogP contribution in [0.3, 0.4) is 0 Å². The molecule has 0 aliphatic rings. The molecule has 6 nitrogen and oxygen atoms in total. The molecule has 21 heavy (non-hydrogen) atoms. The molecular formula is C13H13ClN2O4S. The molecule has 0 saturated carbocycles. The number of halogens is 1. The van der Waals surface area contributed by atoms with E-state index in [1.807, 2.05) is 12.1 Å². The van der Waals surface area contributed by atoms with E-state index in [-0.39, 0.29) is 17.1 Å². The first-order valence-corrected chi connectivity index (χ1v) is 7.90. The van der Waals surface area contributed by atoms with Crippen molar-refractivity contribution in [2.24, 2.45) is 0 Å². The van der Waals surface area contributed by atoms with Crippen LogP contribution in [0.2, 0.25) is 5.02 Å². The average Bonchev–Trinajstić information content (AvgIpc) is 2.91. The van der Waals surface area contributed by atoms with Crippen LogP contribution < -0.4 is 4.72 Å². The van der Waals surface area contributed by atoms with E-state index in [0.29, 0.717) is 11.4 Å². The van der Waals surface area contributed by atoms with Gasteiger partial charge in [0, 0.05) is 17.8 Å². The van der Waals surface area contributed by atoms with E-state index in [9.17, 15) is 13.2 Å². The van der Waals surface area contributed by atoms with E-state index >= 15 is 0 Å². The van der Waals surface area contributed by atoms with Gasteiger partial charge in [0.05, 0.1) is 0 Å². The van der Waals surface area contributed by atoms with Crippen molar-refractivity contribution in [2.45, 2.75) is 11.3 Å². The van der Waals surface area contributed by atoms with Crippen molar-refractivity contribution in [1.29, 1.82) is 0 Å². The zero-order valence-electron chi connectivity index (χ0n) is 10.8. The number of sulfonamides is 1. The third-order valence-corrected chi connectivity index (χ3v) is 4.51. The number of aromatic carboxylic acids is 1. The Bertz CT molecular complexity index is 738. The third-order valence-electron chi connectivity index (χ3n) is 2.82. The summed E-state index contributed by atoms with van der Waals surface area (Å²) in [7, 11) is -3.72. The number of hydrogen-bond donors (Lipinski definition) is 3. The van der Waals surface area contributed by atoms with Gasteiger partial charge in [0.25, 0.3) is 0 Å². The molecular weight excluding hydrogens is 316 g/mol. The summed E-state index contributed by atoms with van der Waals surface area (Å²) in [5.41, 5.74) is 0.774. The molecule has 8 heteroatoms. The van der Waals surface area contributed by atoms with Crippen LogP contribution in [0.1, 0.15) is 16.1 Å². The molecule has 0 aliphatic heterocycles. The molecule has 0 amide bonds. The SMILES string of the molecule is O=C(O)c1cc(S(=O)(=O)NCCc2ccc(Cl)cc2)c[nH]1. The molecule has 0 bridgehead atoms. The van der Waals surface area contributed by atoms with Gasteiger partial charge in [-0.05, 0) is 30.2 Å². The molecule has 0 spiro atoms. The predicted octanol–water partition coefficient (Wildman–Crippen LogP) is 1.89. The maximum atomic E-state index is 12.0. The van der Waals surface area contributed by atoms with Gasteiger partial charge < -0.3 is 10.1 Å². The van der Waals surface area contributed by atoms with Crippen molar-refractivity contribution in [3.8, 4) is 0 Å². The van der Waals surface area contributed by atoms with Gasteiger partial charge in [-0.1, -0.05) is 23.7 Å². The zero-order chi connectivity index (χ0) is 15.5. The van der Waals surface area contributed by atoms with Crippen molar-refractivity contribution in [3.63, 3.8) is 0 Å². The zero-order valence-corrected chi connectivity index (χ0v) is 12.4. The monoisotopic (exact) mass is 328 g/mol. The van der Waals surface area contributed by atoms with Crippen molar-refractivity contribution < 1.29 is 18.3 Å². The summed E-state index contributed by atoms with van der Waals surface area (Å²) in [4.78, 5) is 13.0. The predicted molar refractivity (Wildman–Crippen MR) is 78.1 cm³/mol. The number of nitrogens with one attached hydrogen (secondary N) is 2. The molecule has 0 atom stereocenters. The smallest absolute Gasteiger partial charge is 0.352 e. The van der Waals surface area contributed by atoms with E-state index in [0.717, 1.165) is 17.8 Å². The van der Waals surface area contributed by atoms with E-state index < -0.39 is 16.0 Å². The maximum Gasteiger partial charge on any atom is 0.352 e. The Balaban J connectivity index is 1.97. The third kappa shape index (κ3) is 4.07. The summed E-state index contributed by atoms with van der Waals surface area (Å²) in [6, 6.07) is 8.17. The van der Waals surface area contributed by atoms with Crippen LogP contribution in [0.5, 0.6) is 0 Å². The van der Waals surface area contributed by atoms with Gasteiger partial charge in [-0.2, -0.15) is 0 Å².